The molecule has 3 aromatic rings. The van der Waals surface area contributed by atoms with Crippen molar-refractivity contribution >= 4 is 11.5 Å². The Morgan fingerprint density at radius 3 is 2.72 bits per heavy atom. The highest BCUT2D eigenvalue weighted by Crippen LogP contribution is 2.46. The minimum atomic E-state index is -0.448. The topological polar surface area (TPSA) is 80.2 Å². The monoisotopic (exact) mass is 433 g/mol. The zero-order valence-electron chi connectivity index (χ0n) is 17.9. The molecule has 3 aromatic heterocycles. The molecule has 164 valence electrons. The maximum atomic E-state index is 14.6. The minimum Gasteiger partial charge on any atom is -0.380 e. The quantitative estimate of drug-likeness (QED) is 0.581. The fourth-order valence-corrected chi connectivity index (χ4v) is 5.29. The highest BCUT2D eigenvalue weighted by Gasteiger charge is 2.42. The smallest absolute Gasteiger partial charge is 0.216 e. The number of methoxy groups -OCH3 is 1. The van der Waals surface area contributed by atoms with Crippen LogP contribution in [-0.4, -0.2) is 57.3 Å². The summed E-state index contributed by atoms with van der Waals surface area (Å²) in [5.41, 5.74) is 2.99. The van der Waals surface area contributed by atoms with E-state index in [1.165, 1.54) is 6.07 Å². The van der Waals surface area contributed by atoms with E-state index in [1.54, 1.807) is 25.6 Å². The zero-order valence-corrected chi connectivity index (χ0v) is 17.9. The molecule has 0 aromatic carbocycles. The Labute approximate surface area is 185 Å². The van der Waals surface area contributed by atoms with Crippen molar-refractivity contribution in [1.29, 1.82) is 0 Å². The van der Waals surface area contributed by atoms with Gasteiger partial charge in [0.2, 0.25) is 5.95 Å². The second-order valence-electron chi connectivity index (χ2n) is 8.63. The molecule has 0 aliphatic carbocycles. The molecule has 0 saturated carbocycles. The number of hydrogen-bond acceptors (Lipinski definition) is 8. The average Bonchev–Trinajstić information content (AvgIpc) is 3.43. The first kappa shape index (κ1) is 19.5. The van der Waals surface area contributed by atoms with E-state index in [1.807, 2.05) is 12.3 Å². The van der Waals surface area contributed by atoms with Gasteiger partial charge in [0, 0.05) is 74.6 Å². The Kier molecular flexibility index (Phi) is 4.71. The molecule has 2 fully saturated rings. The summed E-state index contributed by atoms with van der Waals surface area (Å²) in [6, 6.07) is 5.65. The number of rotatable bonds is 4. The Hall–Kier alpha value is -3.20. The van der Waals surface area contributed by atoms with Crippen LogP contribution in [0.3, 0.4) is 0 Å². The Balaban J connectivity index is 1.32. The maximum Gasteiger partial charge on any atom is 0.216 e. The van der Waals surface area contributed by atoms with Crippen molar-refractivity contribution in [1.82, 2.24) is 24.9 Å². The van der Waals surface area contributed by atoms with Gasteiger partial charge >= 0.3 is 0 Å². The lowest BCUT2D eigenvalue weighted by Gasteiger charge is -2.37. The number of aromatic nitrogens is 5. The lowest BCUT2D eigenvalue weighted by molar-refractivity contribution is 0.121. The molecular weight excluding hydrogens is 409 g/mol. The number of hydrogen-bond donors (Lipinski definition) is 0. The predicted molar refractivity (Wildman–Crippen MR) is 117 cm³/mol. The van der Waals surface area contributed by atoms with Gasteiger partial charge in [-0.1, -0.05) is 0 Å². The van der Waals surface area contributed by atoms with Crippen molar-refractivity contribution in [3.63, 3.8) is 0 Å². The highest BCUT2D eigenvalue weighted by molar-refractivity contribution is 5.59. The first-order valence-electron chi connectivity index (χ1n) is 11.1. The summed E-state index contributed by atoms with van der Waals surface area (Å²) in [6.45, 7) is 1.63. The van der Waals surface area contributed by atoms with E-state index < -0.39 is 5.95 Å². The van der Waals surface area contributed by atoms with Gasteiger partial charge in [0.05, 0.1) is 17.8 Å². The molecule has 2 saturated heterocycles. The van der Waals surface area contributed by atoms with Gasteiger partial charge in [-0.15, -0.1) is 0 Å². The number of fused-ring (bicyclic) bond motifs is 4. The van der Waals surface area contributed by atoms with Crippen LogP contribution in [0.4, 0.5) is 15.9 Å². The first-order chi connectivity index (χ1) is 15.7. The van der Waals surface area contributed by atoms with E-state index in [0.29, 0.717) is 17.5 Å². The number of nitrogens with zero attached hydrogens (tertiary/aromatic N) is 7. The average molecular weight is 433 g/mol. The van der Waals surface area contributed by atoms with Crippen molar-refractivity contribution < 1.29 is 9.13 Å². The van der Waals surface area contributed by atoms with Gasteiger partial charge < -0.3 is 14.5 Å². The van der Waals surface area contributed by atoms with Crippen molar-refractivity contribution in [2.45, 2.75) is 43.9 Å². The van der Waals surface area contributed by atoms with Crippen LogP contribution in [0.25, 0.3) is 11.6 Å². The third-order valence-corrected chi connectivity index (χ3v) is 6.83. The van der Waals surface area contributed by atoms with Crippen molar-refractivity contribution in [3.8, 4) is 11.6 Å². The molecule has 1 unspecified atom stereocenters. The number of ether oxygens (including phenoxy) is 1. The van der Waals surface area contributed by atoms with E-state index >= 15 is 0 Å². The molecule has 0 radical (unpaired) electrons. The standard InChI is InChI=1S/C23H24FN7O/c1-32-16-5-8-30(13-16)15-10-20(24)29-21(11-15)31-14-3-4-19(31)17-12-27-23(28-18(17)9-14)22-25-6-2-7-26-22/h2,6-7,10-12,14,16,19H,3-5,8-9,13H2,1H3/t14-,16?,19+/m0/s1. The third kappa shape index (κ3) is 3.28. The molecule has 3 aliphatic rings. The summed E-state index contributed by atoms with van der Waals surface area (Å²) in [5.74, 6) is 1.32. The summed E-state index contributed by atoms with van der Waals surface area (Å²) in [6.07, 6.45) is 9.18. The number of pyridine rings is 1. The molecule has 6 heterocycles. The summed E-state index contributed by atoms with van der Waals surface area (Å²) < 4.78 is 20.1. The molecule has 32 heavy (non-hydrogen) atoms. The molecule has 3 aliphatic heterocycles. The van der Waals surface area contributed by atoms with Crippen LogP contribution in [0.1, 0.15) is 36.6 Å². The van der Waals surface area contributed by atoms with E-state index in [-0.39, 0.29) is 18.2 Å². The fraction of sp³-hybridized carbons (Fsp3) is 0.435. The van der Waals surface area contributed by atoms with Gasteiger partial charge in [-0.05, 0) is 25.3 Å². The molecule has 9 heteroatoms. The van der Waals surface area contributed by atoms with Crippen molar-refractivity contribution in [2.24, 2.45) is 0 Å². The lowest BCUT2D eigenvalue weighted by Crippen LogP contribution is -2.39. The zero-order chi connectivity index (χ0) is 21.7. The van der Waals surface area contributed by atoms with Crippen molar-refractivity contribution in [2.75, 3.05) is 30.0 Å². The molecule has 3 atom stereocenters. The maximum absolute atomic E-state index is 14.6. The van der Waals surface area contributed by atoms with E-state index in [2.05, 4.69) is 29.7 Å². The van der Waals surface area contributed by atoms with E-state index in [4.69, 9.17) is 9.72 Å². The summed E-state index contributed by atoms with van der Waals surface area (Å²) in [5, 5.41) is 0. The first-order valence-corrected chi connectivity index (χ1v) is 11.1. The molecular formula is C23H24FN7O. The Morgan fingerprint density at radius 1 is 1.03 bits per heavy atom. The number of halogens is 1. The molecule has 0 amide bonds. The molecule has 8 nitrogen and oxygen atoms in total. The van der Waals surface area contributed by atoms with E-state index in [0.717, 1.165) is 55.7 Å². The number of anilines is 2. The largest absolute Gasteiger partial charge is 0.380 e. The summed E-state index contributed by atoms with van der Waals surface area (Å²) in [4.78, 5) is 26.6. The molecule has 6 rings (SSSR count). The fourth-order valence-electron chi connectivity index (χ4n) is 5.29. The van der Waals surface area contributed by atoms with Gasteiger partial charge in [0.25, 0.3) is 0 Å². The van der Waals surface area contributed by atoms with Gasteiger partial charge in [-0.25, -0.2) is 24.9 Å². The van der Waals surface area contributed by atoms with Crippen LogP contribution >= 0.6 is 0 Å². The normalized spacial score (nSPS) is 24.1. The van der Waals surface area contributed by atoms with Crippen molar-refractivity contribution in [3.05, 3.63) is 54.0 Å². The van der Waals surface area contributed by atoms with Gasteiger partial charge in [0.15, 0.2) is 11.6 Å². The van der Waals surface area contributed by atoms with Gasteiger partial charge in [-0.3, -0.25) is 0 Å². The Morgan fingerprint density at radius 2 is 1.91 bits per heavy atom. The van der Waals surface area contributed by atoms with Crippen LogP contribution < -0.4 is 9.80 Å². The summed E-state index contributed by atoms with van der Waals surface area (Å²) in [7, 11) is 1.73. The predicted octanol–water partition coefficient (Wildman–Crippen LogP) is 2.96. The lowest BCUT2D eigenvalue weighted by atomic mass is 9.99. The van der Waals surface area contributed by atoms with Crippen LogP contribution in [0.2, 0.25) is 0 Å². The Bertz CT molecular complexity index is 1140. The van der Waals surface area contributed by atoms with Crippen LogP contribution in [0.5, 0.6) is 0 Å². The van der Waals surface area contributed by atoms with Crippen LogP contribution in [-0.2, 0) is 11.2 Å². The van der Waals surface area contributed by atoms with Gasteiger partial charge in [0.1, 0.15) is 5.82 Å². The SMILES string of the molecule is COC1CCN(c2cc(F)nc(N3[C@H]4CC[C@@H]3c3cnc(-c5ncccn5)nc3C4)c2)C1. The molecule has 0 spiro atoms. The van der Waals surface area contributed by atoms with Crippen LogP contribution in [0, 0.1) is 5.95 Å². The second-order valence-corrected chi connectivity index (χ2v) is 8.63. The van der Waals surface area contributed by atoms with Crippen LogP contribution in [0.15, 0.2) is 36.8 Å². The third-order valence-electron chi connectivity index (χ3n) is 6.83. The minimum absolute atomic E-state index is 0.0990. The second kappa shape index (κ2) is 7.74. The van der Waals surface area contributed by atoms with Gasteiger partial charge in [-0.2, -0.15) is 4.39 Å². The highest BCUT2D eigenvalue weighted by atomic mass is 19.1. The summed E-state index contributed by atoms with van der Waals surface area (Å²) >= 11 is 0. The molecule has 2 bridgehead atoms. The van der Waals surface area contributed by atoms with E-state index in [9.17, 15) is 4.39 Å². The molecule has 0 N–H and O–H groups in total.